The Bertz CT molecular complexity index is 1160. The predicted molar refractivity (Wildman–Crippen MR) is 138 cm³/mol. The van der Waals surface area contributed by atoms with Crippen molar-refractivity contribution in [2.75, 3.05) is 43.9 Å². The number of halogens is 1. The number of rotatable bonds is 8. The maximum Gasteiger partial charge on any atom is 0.141 e. The van der Waals surface area contributed by atoms with Crippen molar-refractivity contribution in [3.8, 4) is 5.75 Å². The maximum absolute atomic E-state index is 13.4. The van der Waals surface area contributed by atoms with Crippen LogP contribution < -0.4 is 15.4 Å². The number of ether oxygens (including phenoxy) is 1. The molecule has 6 nitrogen and oxygen atoms in total. The minimum absolute atomic E-state index is 0.417. The molecule has 0 aliphatic carbocycles. The largest absolute Gasteiger partial charge is 0.494 e. The SMILES string of the molecule is C/C=C(/c1ccc2cc(OCCC)ccc2c1)c1c(N)ncnc1N(C)CC1CCN(F)CC1. The highest BCUT2D eigenvalue weighted by atomic mass is 19.2. The van der Waals surface area contributed by atoms with E-state index in [0.717, 1.165) is 70.0 Å². The van der Waals surface area contributed by atoms with E-state index in [1.807, 2.05) is 20.0 Å². The molecule has 2 N–H and O–H groups in total. The van der Waals surface area contributed by atoms with Crippen molar-refractivity contribution in [2.24, 2.45) is 5.92 Å². The maximum atomic E-state index is 13.4. The van der Waals surface area contributed by atoms with Gasteiger partial charge in [-0.1, -0.05) is 31.2 Å². The van der Waals surface area contributed by atoms with E-state index in [2.05, 4.69) is 58.2 Å². The molecule has 0 saturated carbocycles. The third-order valence-electron chi connectivity index (χ3n) is 6.46. The van der Waals surface area contributed by atoms with Gasteiger partial charge < -0.3 is 15.4 Å². The third kappa shape index (κ3) is 5.30. The Morgan fingerprint density at radius 1 is 1.18 bits per heavy atom. The van der Waals surface area contributed by atoms with Crippen molar-refractivity contribution >= 4 is 28.0 Å². The number of aromatic nitrogens is 2. The van der Waals surface area contributed by atoms with E-state index < -0.39 is 0 Å². The molecule has 2 aromatic carbocycles. The standard InChI is InChI=1S/C27H34FN5O/c1-4-14-34-23-9-8-20-15-22(7-6-21(20)16-23)24(5-2)25-26(29)30-18-31-27(25)32(3)17-19-10-12-33(28)13-11-19/h5-9,15-16,18-19H,4,10-14,17H2,1-3H3,(H2,29,30,31)/b24-5-. The summed E-state index contributed by atoms with van der Waals surface area (Å²) in [5.41, 5.74) is 9.29. The summed E-state index contributed by atoms with van der Waals surface area (Å²) in [6, 6.07) is 12.6. The summed E-state index contributed by atoms with van der Waals surface area (Å²) in [7, 11) is 2.03. The van der Waals surface area contributed by atoms with Gasteiger partial charge in [-0.15, -0.1) is 9.60 Å². The fourth-order valence-electron chi connectivity index (χ4n) is 4.65. The van der Waals surface area contributed by atoms with Crippen LogP contribution in [0.3, 0.4) is 0 Å². The van der Waals surface area contributed by atoms with Crippen molar-refractivity contribution in [1.82, 2.24) is 15.1 Å². The van der Waals surface area contributed by atoms with Gasteiger partial charge in [-0.3, -0.25) is 0 Å². The molecule has 0 atom stereocenters. The molecule has 2 heterocycles. The first kappa shape index (κ1) is 24.0. The van der Waals surface area contributed by atoms with Gasteiger partial charge in [-0.25, -0.2) is 9.97 Å². The summed E-state index contributed by atoms with van der Waals surface area (Å²) in [6.07, 6.45) is 6.23. The number of hydrogen-bond acceptors (Lipinski definition) is 6. The zero-order chi connectivity index (χ0) is 24.1. The number of benzene rings is 2. The lowest BCUT2D eigenvalue weighted by atomic mass is 9.94. The highest BCUT2D eigenvalue weighted by molar-refractivity contribution is 5.94. The number of anilines is 2. The lowest BCUT2D eigenvalue weighted by Crippen LogP contribution is -2.34. The summed E-state index contributed by atoms with van der Waals surface area (Å²) in [5.74, 6) is 2.55. The van der Waals surface area contributed by atoms with Crippen LogP contribution >= 0.6 is 0 Å². The molecule has 0 unspecified atom stereocenters. The lowest BCUT2D eigenvalue weighted by molar-refractivity contribution is -0.00751. The fraction of sp³-hybridized carbons (Fsp3) is 0.407. The summed E-state index contributed by atoms with van der Waals surface area (Å²) in [5, 5.41) is 3.16. The van der Waals surface area contributed by atoms with Crippen LogP contribution in [0.4, 0.5) is 16.1 Å². The summed E-state index contributed by atoms with van der Waals surface area (Å²) in [6.45, 7) is 6.59. The van der Waals surface area contributed by atoms with Crippen LogP contribution in [0.15, 0.2) is 48.8 Å². The molecular formula is C27H34FN5O. The zero-order valence-electron chi connectivity index (χ0n) is 20.3. The number of allylic oxidation sites excluding steroid dienone is 1. The molecule has 0 amide bonds. The molecule has 34 heavy (non-hydrogen) atoms. The highest BCUT2D eigenvalue weighted by Crippen LogP contribution is 2.35. The Morgan fingerprint density at radius 2 is 1.91 bits per heavy atom. The molecule has 7 heteroatoms. The van der Waals surface area contributed by atoms with Gasteiger partial charge in [0, 0.05) is 26.7 Å². The summed E-state index contributed by atoms with van der Waals surface area (Å²) < 4.78 is 19.2. The van der Waals surface area contributed by atoms with E-state index >= 15 is 0 Å². The second-order valence-corrected chi connectivity index (χ2v) is 8.97. The van der Waals surface area contributed by atoms with Gasteiger partial charge in [0.25, 0.3) is 0 Å². The number of hydrogen-bond donors (Lipinski definition) is 1. The number of fused-ring (bicyclic) bond motifs is 1. The van der Waals surface area contributed by atoms with E-state index in [4.69, 9.17) is 10.5 Å². The van der Waals surface area contributed by atoms with Crippen molar-refractivity contribution in [1.29, 1.82) is 0 Å². The molecule has 0 bridgehead atoms. The Kier molecular flexibility index (Phi) is 7.63. The molecule has 1 aliphatic rings. The van der Waals surface area contributed by atoms with Gasteiger partial charge in [0.2, 0.25) is 0 Å². The van der Waals surface area contributed by atoms with Gasteiger partial charge >= 0.3 is 0 Å². The van der Waals surface area contributed by atoms with Gasteiger partial charge in [0.15, 0.2) is 0 Å². The van der Waals surface area contributed by atoms with E-state index in [0.29, 0.717) is 31.4 Å². The van der Waals surface area contributed by atoms with Gasteiger partial charge in [-0.2, -0.15) is 0 Å². The van der Waals surface area contributed by atoms with Crippen LogP contribution in [0.2, 0.25) is 0 Å². The first-order chi connectivity index (χ1) is 16.5. The molecule has 3 aromatic rings. The van der Waals surface area contributed by atoms with Crippen molar-refractivity contribution in [3.05, 3.63) is 59.9 Å². The molecule has 180 valence electrons. The Morgan fingerprint density at radius 3 is 2.65 bits per heavy atom. The van der Waals surface area contributed by atoms with E-state index in [1.165, 1.54) is 6.33 Å². The van der Waals surface area contributed by atoms with Gasteiger partial charge in [-0.05, 0) is 72.2 Å². The Labute approximate surface area is 201 Å². The minimum Gasteiger partial charge on any atom is -0.494 e. The summed E-state index contributed by atoms with van der Waals surface area (Å²) >= 11 is 0. The van der Waals surface area contributed by atoms with E-state index in [9.17, 15) is 4.48 Å². The normalized spacial score (nSPS) is 15.6. The second-order valence-electron chi connectivity index (χ2n) is 8.97. The van der Waals surface area contributed by atoms with Gasteiger partial charge in [0.1, 0.15) is 23.7 Å². The lowest BCUT2D eigenvalue weighted by Gasteiger charge is -2.31. The van der Waals surface area contributed by atoms with Crippen molar-refractivity contribution < 1.29 is 9.22 Å². The molecule has 1 saturated heterocycles. The first-order valence-corrected chi connectivity index (χ1v) is 12.1. The fourth-order valence-corrected chi connectivity index (χ4v) is 4.65. The van der Waals surface area contributed by atoms with E-state index in [1.54, 1.807) is 0 Å². The quantitative estimate of drug-likeness (QED) is 0.446. The van der Waals surface area contributed by atoms with Crippen LogP contribution in [-0.2, 0) is 0 Å². The van der Waals surface area contributed by atoms with Crippen LogP contribution in [0.5, 0.6) is 5.75 Å². The zero-order valence-corrected chi connectivity index (χ0v) is 20.3. The minimum atomic E-state index is 0.417. The highest BCUT2D eigenvalue weighted by Gasteiger charge is 2.24. The molecule has 0 spiro atoms. The van der Waals surface area contributed by atoms with Crippen LogP contribution in [0.1, 0.15) is 44.2 Å². The molecule has 1 fully saturated rings. The average Bonchev–Trinajstić information content (AvgIpc) is 2.85. The predicted octanol–water partition coefficient (Wildman–Crippen LogP) is 5.49. The average molecular weight is 464 g/mol. The molecule has 0 radical (unpaired) electrons. The Balaban J connectivity index is 1.64. The van der Waals surface area contributed by atoms with Gasteiger partial charge in [0.05, 0.1) is 12.2 Å². The second kappa shape index (κ2) is 10.8. The van der Waals surface area contributed by atoms with Crippen LogP contribution in [-0.4, -0.2) is 48.4 Å². The first-order valence-electron chi connectivity index (χ1n) is 12.1. The number of nitrogens with two attached hydrogens (primary N) is 1. The van der Waals surface area contributed by atoms with Crippen LogP contribution in [0.25, 0.3) is 16.3 Å². The van der Waals surface area contributed by atoms with Crippen molar-refractivity contribution in [3.63, 3.8) is 0 Å². The monoisotopic (exact) mass is 463 g/mol. The van der Waals surface area contributed by atoms with E-state index in [-0.39, 0.29) is 0 Å². The number of nitrogens with zero attached hydrogens (tertiary/aromatic N) is 4. The molecule has 1 aromatic heterocycles. The Hall–Kier alpha value is -3.19. The van der Waals surface area contributed by atoms with Crippen molar-refractivity contribution in [2.45, 2.75) is 33.1 Å². The third-order valence-corrected chi connectivity index (χ3v) is 6.46. The molecular weight excluding hydrogens is 429 g/mol. The van der Waals surface area contributed by atoms with Crippen LogP contribution in [0, 0.1) is 5.92 Å². The molecule has 4 rings (SSSR count). The smallest absolute Gasteiger partial charge is 0.141 e. The molecule has 1 aliphatic heterocycles. The topological polar surface area (TPSA) is 67.5 Å². The number of nitrogen functional groups attached to an aromatic ring is 1. The summed E-state index contributed by atoms with van der Waals surface area (Å²) in [4.78, 5) is 11.0. The number of piperidine rings is 1.